The Morgan fingerprint density at radius 1 is 1.12 bits per heavy atom. The zero-order valence-corrected chi connectivity index (χ0v) is 14.9. The minimum absolute atomic E-state index is 0.181. The zero-order valence-electron chi connectivity index (χ0n) is 14.9. The van der Waals surface area contributed by atoms with Gasteiger partial charge in [-0.2, -0.15) is 0 Å². The van der Waals surface area contributed by atoms with Crippen LogP contribution in [0.25, 0.3) is 0 Å². The summed E-state index contributed by atoms with van der Waals surface area (Å²) in [7, 11) is 0. The number of rotatable bonds is 4. The SMILES string of the molecule is CCOC(=O)c1c2c(n(CC(C)C)c1C)C(=O)c1ccccc1C2=O. The number of aromatic nitrogens is 1. The molecule has 0 N–H and O–H groups in total. The fourth-order valence-corrected chi connectivity index (χ4v) is 3.38. The molecule has 1 aliphatic carbocycles. The standard InChI is InChI=1S/C20H21NO4/c1-5-25-20(24)15-12(4)21(10-11(2)3)17-16(15)18(22)13-8-6-7-9-14(13)19(17)23/h6-9,11H,5,10H2,1-4H3. The van der Waals surface area contributed by atoms with Crippen molar-refractivity contribution in [2.75, 3.05) is 6.61 Å². The van der Waals surface area contributed by atoms with Crippen LogP contribution >= 0.6 is 0 Å². The zero-order chi connectivity index (χ0) is 18.3. The first-order valence-electron chi connectivity index (χ1n) is 8.47. The lowest BCUT2D eigenvalue weighted by atomic mass is 9.86. The molecule has 1 heterocycles. The molecule has 0 fully saturated rings. The molecule has 130 valence electrons. The third-order valence-corrected chi connectivity index (χ3v) is 4.41. The molecule has 25 heavy (non-hydrogen) atoms. The second-order valence-corrected chi connectivity index (χ2v) is 6.61. The quantitative estimate of drug-likeness (QED) is 0.683. The molecule has 0 radical (unpaired) electrons. The monoisotopic (exact) mass is 339 g/mol. The molecule has 5 heteroatoms. The number of ketones is 2. The van der Waals surface area contributed by atoms with Crippen LogP contribution in [0.3, 0.4) is 0 Å². The van der Waals surface area contributed by atoms with Crippen molar-refractivity contribution in [3.63, 3.8) is 0 Å². The van der Waals surface area contributed by atoms with Gasteiger partial charge in [-0.15, -0.1) is 0 Å². The van der Waals surface area contributed by atoms with Gasteiger partial charge in [0.1, 0.15) is 5.69 Å². The van der Waals surface area contributed by atoms with E-state index in [0.29, 0.717) is 29.1 Å². The molecule has 0 aliphatic heterocycles. The highest BCUT2D eigenvalue weighted by Gasteiger charge is 2.39. The van der Waals surface area contributed by atoms with Crippen molar-refractivity contribution in [1.82, 2.24) is 4.57 Å². The van der Waals surface area contributed by atoms with Gasteiger partial charge in [0.25, 0.3) is 0 Å². The molecule has 2 aromatic rings. The normalized spacial score (nSPS) is 13.0. The molecule has 0 saturated heterocycles. The van der Waals surface area contributed by atoms with Crippen molar-refractivity contribution >= 4 is 17.5 Å². The van der Waals surface area contributed by atoms with Crippen LogP contribution in [0.15, 0.2) is 24.3 Å². The summed E-state index contributed by atoms with van der Waals surface area (Å²) in [6.45, 7) is 8.29. The van der Waals surface area contributed by atoms with Crippen molar-refractivity contribution in [3.05, 3.63) is 57.9 Å². The van der Waals surface area contributed by atoms with Crippen LogP contribution in [-0.4, -0.2) is 28.7 Å². The van der Waals surface area contributed by atoms with Gasteiger partial charge in [-0.25, -0.2) is 4.79 Å². The number of nitrogens with zero attached hydrogens (tertiary/aromatic N) is 1. The average molecular weight is 339 g/mol. The first-order valence-corrected chi connectivity index (χ1v) is 8.47. The van der Waals surface area contributed by atoms with Crippen LogP contribution in [0, 0.1) is 12.8 Å². The molecule has 0 atom stereocenters. The maximum absolute atomic E-state index is 13.1. The number of carbonyl (C=O) groups is 3. The maximum Gasteiger partial charge on any atom is 0.340 e. The Morgan fingerprint density at radius 3 is 2.28 bits per heavy atom. The van der Waals surface area contributed by atoms with E-state index in [1.54, 1.807) is 42.7 Å². The second-order valence-electron chi connectivity index (χ2n) is 6.61. The summed E-state index contributed by atoms with van der Waals surface area (Å²) < 4.78 is 6.94. The van der Waals surface area contributed by atoms with E-state index in [2.05, 4.69) is 0 Å². The maximum atomic E-state index is 13.1. The van der Waals surface area contributed by atoms with Gasteiger partial charge in [0.2, 0.25) is 5.78 Å². The lowest BCUT2D eigenvalue weighted by Crippen LogP contribution is -2.24. The summed E-state index contributed by atoms with van der Waals surface area (Å²) in [5, 5.41) is 0. The summed E-state index contributed by atoms with van der Waals surface area (Å²) in [6, 6.07) is 6.74. The molecule has 0 amide bonds. The first kappa shape index (κ1) is 17.1. The van der Waals surface area contributed by atoms with Crippen molar-refractivity contribution in [2.45, 2.75) is 34.2 Å². The molecule has 3 rings (SSSR count). The van der Waals surface area contributed by atoms with E-state index in [9.17, 15) is 14.4 Å². The number of esters is 1. The fraction of sp³-hybridized carbons (Fsp3) is 0.350. The Morgan fingerprint density at radius 2 is 1.72 bits per heavy atom. The summed E-state index contributed by atoms with van der Waals surface area (Å²) >= 11 is 0. The van der Waals surface area contributed by atoms with E-state index in [1.165, 1.54) is 0 Å². The number of ether oxygens (including phenoxy) is 1. The Balaban J connectivity index is 2.32. The fourth-order valence-electron chi connectivity index (χ4n) is 3.38. The molecule has 5 nitrogen and oxygen atoms in total. The minimum atomic E-state index is -0.556. The molecular weight excluding hydrogens is 318 g/mol. The smallest absolute Gasteiger partial charge is 0.340 e. The third-order valence-electron chi connectivity index (χ3n) is 4.41. The topological polar surface area (TPSA) is 65.4 Å². The molecule has 0 saturated carbocycles. The van der Waals surface area contributed by atoms with Gasteiger partial charge >= 0.3 is 5.97 Å². The van der Waals surface area contributed by atoms with E-state index in [4.69, 9.17) is 4.74 Å². The van der Waals surface area contributed by atoms with E-state index < -0.39 is 5.97 Å². The van der Waals surface area contributed by atoms with Crippen LogP contribution in [0.2, 0.25) is 0 Å². The van der Waals surface area contributed by atoms with Crippen molar-refractivity contribution in [1.29, 1.82) is 0 Å². The van der Waals surface area contributed by atoms with Crippen molar-refractivity contribution < 1.29 is 19.1 Å². The lowest BCUT2D eigenvalue weighted by molar-refractivity contribution is 0.0522. The van der Waals surface area contributed by atoms with E-state index in [0.717, 1.165) is 0 Å². The Labute approximate surface area is 146 Å². The summed E-state index contributed by atoms with van der Waals surface area (Å²) in [5.41, 5.74) is 2.03. The highest BCUT2D eigenvalue weighted by atomic mass is 16.5. The van der Waals surface area contributed by atoms with E-state index in [-0.39, 0.29) is 35.2 Å². The molecule has 0 unspecified atom stereocenters. The summed E-state index contributed by atoms with van der Waals surface area (Å²) in [4.78, 5) is 38.6. The number of hydrogen-bond donors (Lipinski definition) is 0. The molecular formula is C20H21NO4. The van der Waals surface area contributed by atoms with Gasteiger partial charge in [0.05, 0.1) is 17.7 Å². The second kappa shape index (κ2) is 6.31. The molecule has 0 bridgehead atoms. The predicted molar refractivity (Wildman–Crippen MR) is 93.3 cm³/mol. The van der Waals surface area contributed by atoms with Crippen LogP contribution in [0.4, 0.5) is 0 Å². The van der Waals surface area contributed by atoms with Crippen LogP contribution in [-0.2, 0) is 11.3 Å². The Hall–Kier alpha value is -2.69. The number of benzene rings is 1. The van der Waals surface area contributed by atoms with Crippen LogP contribution < -0.4 is 0 Å². The molecule has 0 spiro atoms. The number of hydrogen-bond acceptors (Lipinski definition) is 4. The highest BCUT2D eigenvalue weighted by molar-refractivity contribution is 6.30. The number of carbonyl (C=O) groups excluding carboxylic acids is 3. The molecule has 1 aromatic heterocycles. The Bertz CT molecular complexity index is 889. The van der Waals surface area contributed by atoms with Crippen molar-refractivity contribution in [2.24, 2.45) is 5.92 Å². The van der Waals surface area contributed by atoms with Gasteiger partial charge < -0.3 is 9.30 Å². The van der Waals surface area contributed by atoms with Gasteiger partial charge in [-0.3, -0.25) is 9.59 Å². The lowest BCUT2D eigenvalue weighted by Gasteiger charge is -2.18. The Kier molecular flexibility index (Phi) is 4.33. The number of fused-ring (bicyclic) bond motifs is 2. The van der Waals surface area contributed by atoms with Gasteiger partial charge in [-0.1, -0.05) is 38.1 Å². The van der Waals surface area contributed by atoms with Gasteiger partial charge in [-0.05, 0) is 19.8 Å². The largest absolute Gasteiger partial charge is 0.462 e. The minimum Gasteiger partial charge on any atom is -0.462 e. The molecule has 1 aliphatic rings. The summed E-state index contributed by atoms with van der Waals surface area (Å²) in [5.74, 6) is -0.812. The predicted octanol–water partition coefficient (Wildman–Crippen LogP) is 3.40. The average Bonchev–Trinajstić information content (AvgIpc) is 2.86. The van der Waals surface area contributed by atoms with Crippen molar-refractivity contribution in [3.8, 4) is 0 Å². The summed E-state index contributed by atoms with van der Waals surface area (Å²) in [6.07, 6.45) is 0. The van der Waals surface area contributed by atoms with Gasteiger partial charge in [0, 0.05) is 23.4 Å². The molecule has 1 aromatic carbocycles. The van der Waals surface area contributed by atoms with Crippen LogP contribution in [0.1, 0.15) is 68.8 Å². The third kappa shape index (κ3) is 2.60. The van der Waals surface area contributed by atoms with E-state index in [1.807, 2.05) is 13.8 Å². The highest BCUT2D eigenvalue weighted by Crippen LogP contribution is 2.34. The first-order chi connectivity index (χ1) is 11.9. The van der Waals surface area contributed by atoms with Gasteiger partial charge in [0.15, 0.2) is 5.78 Å². The van der Waals surface area contributed by atoms with E-state index >= 15 is 0 Å². The van der Waals surface area contributed by atoms with Crippen LogP contribution in [0.5, 0.6) is 0 Å².